The molecule has 0 bridgehead atoms. The number of carbonyl (C=O) groups excluding carboxylic acids is 2. The van der Waals surface area contributed by atoms with Gasteiger partial charge in [0, 0.05) is 17.6 Å². The largest absolute Gasteiger partial charge is 0.350 e. The standard InChI is InChI=1S/C21H25Cl2N3O4S/c1-13-6-7-14(10-18(13)23)25-31(29,30)15-8-9-17(22)16(11-15)20(28)26(5)12-19(27)24-21(2,3)4/h6-11,25H,12H2,1-5H3,(H,24,27). The molecule has 0 atom stereocenters. The van der Waals surface area contributed by atoms with Crippen molar-refractivity contribution in [1.82, 2.24) is 10.2 Å². The Kier molecular flexibility index (Phi) is 7.62. The Morgan fingerprint density at radius 2 is 1.68 bits per heavy atom. The molecular weight excluding hydrogens is 461 g/mol. The second-order valence-corrected chi connectivity index (χ2v) is 10.7. The second kappa shape index (κ2) is 9.46. The van der Waals surface area contributed by atoms with Crippen LogP contribution >= 0.6 is 23.2 Å². The monoisotopic (exact) mass is 485 g/mol. The molecule has 0 spiro atoms. The number of carbonyl (C=O) groups is 2. The fourth-order valence-corrected chi connectivity index (χ4v) is 4.11. The molecule has 2 N–H and O–H groups in total. The molecule has 0 aromatic heterocycles. The summed E-state index contributed by atoms with van der Waals surface area (Å²) in [6.45, 7) is 7.07. The van der Waals surface area contributed by atoms with Crippen LogP contribution in [0.5, 0.6) is 0 Å². The molecule has 31 heavy (non-hydrogen) atoms. The van der Waals surface area contributed by atoms with E-state index in [4.69, 9.17) is 23.2 Å². The number of aryl methyl sites for hydroxylation is 1. The predicted octanol–water partition coefficient (Wildman–Crippen LogP) is 4.09. The minimum absolute atomic E-state index is 0.0301. The Balaban J connectivity index is 2.26. The third-order valence-electron chi connectivity index (χ3n) is 4.14. The van der Waals surface area contributed by atoms with Gasteiger partial charge in [-0.15, -0.1) is 0 Å². The molecule has 0 unspecified atom stereocenters. The molecule has 10 heteroatoms. The van der Waals surface area contributed by atoms with Gasteiger partial charge in [0.15, 0.2) is 0 Å². The SMILES string of the molecule is Cc1ccc(NS(=O)(=O)c2ccc(Cl)c(C(=O)N(C)CC(=O)NC(C)(C)C)c2)cc1Cl. The van der Waals surface area contributed by atoms with Crippen LogP contribution in [-0.4, -0.2) is 44.3 Å². The normalized spacial score (nSPS) is 11.7. The van der Waals surface area contributed by atoms with Gasteiger partial charge in [0.25, 0.3) is 15.9 Å². The van der Waals surface area contributed by atoms with Crippen LogP contribution < -0.4 is 10.0 Å². The first kappa shape index (κ1) is 25.0. The van der Waals surface area contributed by atoms with Gasteiger partial charge in [0.1, 0.15) is 0 Å². The van der Waals surface area contributed by atoms with Gasteiger partial charge in [-0.05, 0) is 63.6 Å². The summed E-state index contributed by atoms with van der Waals surface area (Å²) in [6.07, 6.45) is 0. The van der Waals surface area contributed by atoms with Crippen molar-refractivity contribution in [3.8, 4) is 0 Å². The van der Waals surface area contributed by atoms with Crippen LogP contribution in [0.2, 0.25) is 10.0 Å². The molecule has 2 aromatic rings. The number of sulfonamides is 1. The third kappa shape index (κ3) is 6.85. The van der Waals surface area contributed by atoms with Crippen LogP contribution in [0.3, 0.4) is 0 Å². The Labute approximate surface area is 192 Å². The lowest BCUT2D eigenvalue weighted by molar-refractivity contribution is -0.122. The highest BCUT2D eigenvalue weighted by molar-refractivity contribution is 7.92. The van der Waals surface area contributed by atoms with Crippen molar-refractivity contribution in [3.05, 3.63) is 57.6 Å². The average molecular weight is 486 g/mol. The summed E-state index contributed by atoms with van der Waals surface area (Å²) in [5.41, 5.74) is 0.617. The topological polar surface area (TPSA) is 95.6 Å². The fraction of sp³-hybridized carbons (Fsp3) is 0.333. The van der Waals surface area contributed by atoms with Gasteiger partial charge in [0.2, 0.25) is 5.91 Å². The van der Waals surface area contributed by atoms with E-state index < -0.39 is 21.5 Å². The zero-order valence-electron chi connectivity index (χ0n) is 17.9. The van der Waals surface area contributed by atoms with E-state index >= 15 is 0 Å². The summed E-state index contributed by atoms with van der Waals surface area (Å²) in [5.74, 6) is -0.925. The van der Waals surface area contributed by atoms with Gasteiger partial charge >= 0.3 is 0 Å². The Hall–Kier alpha value is -2.29. The van der Waals surface area contributed by atoms with Crippen LogP contribution in [0.4, 0.5) is 5.69 Å². The minimum Gasteiger partial charge on any atom is -0.350 e. The summed E-state index contributed by atoms with van der Waals surface area (Å²) in [7, 11) is -2.57. The lowest BCUT2D eigenvalue weighted by Crippen LogP contribution is -2.46. The van der Waals surface area contributed by atoms with Crippen molar-refractivity contribution in [2.24, 2.45) is 0 Å². The highest BCUT2D eigenvalue weighted by atomic mass is 35.5. The van der Waals surface area contributed by atoms with Crippen molar-refractivity contribution in [1.29, 1.82) is 0 Å². The molecule has 0 radical (unpaired) electrons. The van der Waals surface area contributed by atoms with E-state index in [0.717, 1.165) is 5.56 Å². The first-order chi connectivity index (χ1) is 14.2. The number of halogens is 2. The van der Waals surface area contributed by atoms with Crippen LogP contribution in [0, 0.1) is 6.92 Å². The summed E-state index contributed by atoms with van der Waals surface area (Å²) >= 11 is 12.2. The van der Waals surface area contributed by atoms with Gasteiger partial charge in [-0.25, -0.2) is 8.42 Å². The van der Waals surface area contributed by atoms with E-state index in [0.29, 0.717) is 5.02 Å². The van der Waals surface area contributed by atoms with Gasteiger partial charge in [-0.1, -0.05) is 29.3 Å². The Morgan fingerprint density at radius 1 is 1.03 bits per heavy atom. The summed E-state index contributed by atoms with van der Waals surface area (Å²) < 4.78 is 28.0. The average Bonchev–Trinajstić information content (AvgIpc) is 2.62. The van der Waals surface area contributed by atoms with Gasteiger partial charge < -0.3 is 10.2 Å². The number of benzene rings is 2. The number of nitrogens with one attached hydrogen (secondary N) is 2. The van der Waals surface area contributed by atoms with Crippen LogP contribution in [0.25, 0.3) is 0 Å². The van der Waals surface area contributed by atoms with Gasteiger partial charge in [-0.2, -0.15) is 0 Å². The van der Waals surface area contributed by atoms with Crippen LogP contribution in [0.15, 0.2) is 41.3 Å². The van der Waals surface area contributed by atoms with Crippen molar-refractivity contribution in [2.45, 2.75) is 38.1 Å². The molecule has 7 nitrogen and oxygen atoms in total. The van der Waals surface area contributed by atoms with E-state index in [9.17, 15) is 18.0 Å². The van der Waals surface area contributed by atoms with Crippen molar-refractivity contribution in [2.75, 3.05) is 18.3 Å². The molecule has 0 aliphatic rings. The molecule has 0 fully saturated rings. The number of likely N-dealkylation sites (N-methyl/N-ethyl adjacent to an activating group) is 1. The zero-order valence-corrected chi connectivity index (χ0v) is 20.2. The minimum atomic E-state index is -4.01. The number of anilines is 1. The van der Waals surface area contributed by atoms with Crippen LogP contribution in [0.1, 0.15) is 36.7 Å². The van der Waals surface area contributed by atoms with E-state index in [1.807, 2.05) is 20.8 Å². The van der Waals surface area contributed by atoms with Gasteiger partial charge in [0.05, 0.1) is 27.7 Å². The number of hydrogen-bond donors (Lipinski definition) is 2. The lowest BCUT2D eigenvalue weighted by atomic mass is 10.1. The van der Waals surface area contributed by atoms with Crippen molar-refractivity contribution >= 4 is 50.7 Å². The molecule has 2 aromatic carbocycles. The van der Waals surface area contributed by atoms with Gasteiger partial charge in [-0.3, -0.25) is 14.3 Å². The van der Waals surface area contributed by atoms with E-state index in [2.05, 4.69) is 10.0 Å². The lowest BCUT2D eigenvalue weighted by Gasteiger charge is -2.23. The number of nitrogens with zero attached hydrogens (tertiary/aromatic N) is 1. The summed E-state index contributed by atoms with van der Waals surface area (Å²) in [6, 6.07) is 8.58. The molecule has 0 aliphatic heterocycles. The first-order valence-corrected chi connectivity index (χ1v) is 11.6. The fourth-order valence-electron chi connectivity index (χ4n) is 2.66. The maximum Gasteiger partial charge on any atom is 0.261 e. The van der Waals surface area contributed by atoms with Crippen molar-refractivity contribution in [3.63, 3.8) is 0 Å². The highest BCUT2D eigenvalue weighted by Gasteiger charge is 2.23. The van der Waals surface area contributed by atoms with E-state index in [1.165, 1.54) is 36.2 Å². The summed E-state index contributed by atoms with van der Waals surface area (Å²) in [5, 5.41) is 3.25. The summed E-state index contributed by atoms with van der Waals surface area (Å²) in [4.78, 5) is 26.0. The zero-order chi connectivity index (χ0) is 23.6. The highest BCUT2D eigenvalue weighted by Crippen LogP contribution is 2.25. The number of hydrogen-bond acceptors (Lipinski definition) is 4. The molecule has 2 rings (SSSR count). The second-order valence-electron chi connectivity index (χ2n) is 8.17. The molecule has 0 saturated carbocycles. The van der Waals surface area contributed by atoms with E-state index in [-0.39, 0.29) is 33.6 Å². The van der Waals surface area contributed by atoms with Crippen molar-refractivity contribution < 1.29 is 18.0 Å². The quantitative estimate of drug-likeness (QED) is 0.643. The first-order valence-electron chi connectivity index (χ1n) is 9.34. The number of amides is 2. The maximum absolute atomic E-state index is 12.8. The molecule has 2 amide bonds. The molecule has 168 valence electrons. The van der Waals surface area contributed by atoms with Crippen LogP contribution in [-0.2, 0) is 14.8 Å². The Morgan fingerprint density at radius 3 is 2.26 bits per heavy atom. The molecule has 0 aliphatic carbocycles. The maximum atomic E-state index is 12.8. The predicted molar refractivity (Wildman–Crippen MR) is 123 cm³/mol. The molecular formula is C21H25Cl2N3O4S. The molecule has 0 heterocycles. The third-order valence-corrected chi connectivity index (χ3v) is 6.26. The Bertz CT molecular complexity index is 1110. The smallest absolute Gasteiger partial charge is 0.261 e. The number of rotatable bonds is 6. The van der Waals surface area contributed by atoms with E-state index in [1.54, 1.807) is 19.1 Å². The molecule has 0 saturated heterocycles.